The molecule has 0 aliphatic carbocycles. The topological polar surface area (TPSA) is 385 Å². The Kier molecular flexibility index (Phi) is 50.5. The van der Waals surface area contributed by atoms with Crippen molar-refractivity contribution in [1.82, 2.24) is 30.7 Å². The first-order chi connectivity index (χ1) is 24.4. The molecule has 0 bridgehead atoms. The summed E-state index contributed by atoms with van der Waals surface area (Å²) in [5, 5.41) is 51.2. The van der Waals surface area contributed by atoms with Gasteiger partial charge in [-0.3, -0.25) is 67.4 Å². The molecule has 310 valence electrons. The number of nitrogens with zero attached hydrogens (tertiary/aromatic N) is 3. The Hall–Kier alpha value is -5.47. The van der Waals surface area contributed by atoms with Gasteiger partial charge in [-0.25, -0.2) is 0 Å². The molecule has 0 heterocycles. The van der Waals surface area contributed by atoms with Crippen LogP contribution in [0.15, 0.2) is 0 Å². The lowest BCUT2D eigenvalue weighted by atomic mass is 10.4. The largest absolute Gasteiger partial charge is 0.727 e. The Morgan fingerprint density at radius 2 is 0.566 bits per heavy atom. The summed E-state index contributed by atoms with van der Waals surface area (Å²) >= 11 is 0. The molecule has 0 aromatic heterocycles. The lowest BCUT2D eigenvalue weighted by Crippen LogP contribution is -2.43. The van der Waals surface area contributed by atoms with Gasteiger partial charge in [-0.2, -0.15) is 0 Å². The number of nitrogens with one attached hydrogen (secondary N) is 3. The summed E-state index contributed by atoms with van der Waals surface area (Å²) in [6.45, 7) is 15.6. The fraction of sp³-hybridized carbons (Fsp3) is 0.607. The minimum absolute atomic E-state index is 0.0316. The minimum atomic E-state index is -0.801. The molecule has 0 fully saturated rings. The summed E-state index contributed by atoms with van der Waals surface area (Å²) in [5.41, 5.74) is 0. The van der Waals surface area contributed by atoms with Crippen LogP contribution in [0.1, 0.15) is 76.2 Å². The fourth-order valence-electron chi connectivity index (χ4n) is 2.63. The quantitative estimate of drug-likeness (QED) is 0.0826. The molecule has 53 heavy (non-hydrogen) atoms. The molecule has 25 heteroatoms. The predicted molar refractivity (Wildman–Crippen MR) is 169 cm³/mol. The SMILES string of the molecule is CC(=O)N(CCN(C(C)=O)C(C)=O)C(C)=O.CC(=O)NCCN(C(C)=O)C(C)=O.CC(=O)NCCNC(C)=O.CC(=O)O[O-].CC(=O)O[O-].[O-]O.[O-]O. The van der Waals surface area contributed by atoms with Gasteiger partial charge in [0.15, 0.2) is 0 Å². The maximum absolute atomic E-state index is 11.1. The van der Waals surface area contributed by atoms with Gasteiger partial charge in [0.1, 0.15) is 0 Å². The third-order valence-corrected chi connectivity index (χ3v) is 4.64. The molecular weight excluding hydrogens is 724 g/mol. The minimum Gasteiger partial charge on any atom is -0.727 e. The number of rotatable bonds is 9. The normalized spacial score (nSPS) is 8.25. The van der Waals surface area contributed by atoms with E-state index in [4.69, 9.17) is 31.5 Å². The average Bonchev–Trinajstić information content (AvgIpc) is 3.05. The van der Waals surface area contributed by atoms with Crippen molar-refractivity contribution in [1.29, 1.82) is 0 Å². The van der Waals surface area contributed by atoms with Crippen molar-refractivity contribution in [2.75, 3.05) is 39.3 Å². The second-order valence-electron chi connectivity index (χ2n) is 9.17. The van der Waals surface area contributed by atoms with Gasteiger partial charge < -0.3 is 57.3 Å². The summed E-state index contributed by atoms with van der Waals surface area (Å²) < 4.78 is 0. The molecule has 0 rings (SSSR count). The molecule has 0 unspecified atom stereocenters. The maximum atomic E-state index is 11.1. The molecule has 0 spiro atoms. The second kappa shape index (κ2) is 42.7. The lowest BCUT2D eigenvalue weighted by molar-refractivity contribution is -0.670. The number of hydrogen-bond acceptors (Lipinski definition) is 19. The molecule has 0 aliphatic rings. The Morgan fingerprint density at radius 3 is 0.717 bits per heavy atom. The van der Waals surface area contributed by atoms with Gasteiger partial charge >= 0.3 is 0 Å². The number of carbonyl (C=O) groups is 11. The fourth-order valence-corrected chi connectivity index (χ4v) is 2.63. The highest BCUT2D eigenvalue weighted by Crippen LogP contribution is 1.96. The molecule has 0 radical (unpaired) electrons. The van der Waals surface area contributed by atoms with Crippen LogP contribution in [0.2, 0.25) is 0 Å². The van der Waals surface area contributed by atoms with Gasteiger partial charge in [-0.1, -0.05) is 0 Å². The highest BCUT2D eigenvalue weighted by molar-refractivity contribution is 5.94. The molecule has 0 saturated carbocycles. The van der Waals surface area contributed by atoms with Gasteiger partial charge in [0, 0.05) is 115 Å². The van der Waals surface area contributed by atoms with Crippen LogP contribution < -0.4 is 37.0 Å². The smallest absolute Gasteiger partial charge is 0.296 e. The zero-order valence-corrected chi connectivity index (χ0v) is 31.4. The molecule has 0 saturated heterocycles. The molecule has 0 aromatic carbocycles. The van der Waals surface area contributed by atoms with Crippen molar-refractivity contribution >= 4 is 65.1 Å². The van der Waals surface area contributed by atoms with Crippen LogP contribution >= 0.6 is 0 Å². The van der Waals surface area contributed by atoms with Crippen LogP contribution in [0.3, 0.4) is 0 Å². The predicted octanol–water partition coefficient (Wildman–Crippen LogP) is -6.16. The maximum Gasteiger partial charge on any atom is 0.296 e. The van der Waals surface area contributed by atoms with E-state index in [1.165, 1.54) is 62.3 Å². The van der Waals surface area contributed by atoms with E-state index in [1.807, 2.05) is 0 Å². The molecule has 25 nitrogen and oxygen atoms in total. The van der Waals surface area contributed by atoms with E-state index in [0.29, 0.717) is 19.6 Å². The van der Waals surface area contributed by atoms with Crippen molar-refractivity contribution in [3.05, 3.63) is 0 Å². The van der Waals surface area contributed by atoms with Gasteiger partial charge in [0.25, 0.3) is 11.9 Å². The van der Waals surface area contributed by atoms with Crippen molar-refractivity contribution < 1.29 is 94.1 Å². The average molecular weight is 775 g/mol. The zero-order valence-electron chi connectivity index (χ0n) is 31.4. The van der Waals surface area contributed by atoms with Crippen LogP contribution in [0, 0.1) is 0 Å². The van der Waals surface area contributed by atoms with E-state index in [9.17, 15) is 52.7 Å². The van der Waals surface area contributed by atoms with Gasteiger partial charge in [-0.15, -0.1) is 0 Å². The monoisotopic (exact) mass is 774 g/mol. The van der Waals surface area contributed by atoms with Crippen molar-refractivity contribution in [3.8, 4) is 0 Å². The van der Waals surface area contributed by atoms with Crippen LogP contribution in [0.4, 0.5) is 0 Å². The number of hydrogen-bond donors (Lipinski definition) is 5. The van der Waals surface area contributed by atoms with Crippen LogP contribution in [-0.2, 0) is 62.5 Å². The van der Waals surface area contributed by atoms with E-state index < -0.39 is 35.6 Å². The molecule has 0 atom stereocenters. The van der Waals surface area contributed by atoms with Gasteiger partial charge in [0.05, 0.1) is 0 Å². The van der Waals surface area contributed by atoms with E-state index in [1.54, 1.807) is 0 Å². The zero-order chi connectivity index (χ0) is 43.9. The van der Waals surface area contributed by atoms with E-state index in [-0.39, 0.29) is 49.2 Å². The summed E-state index contributed by atoms with van der Waals surface area (Å²) in [4.78, 5) is 124. The first-order valence-corrected chi connectivity index (χ1v) is 14.5. The Bertz CT molecular complexity index is 1030. The highest BCUT2D eigenvalue weighted by Gasteiger charge is 2.18. The third kappa shape index (κ3) is 56.2. The molecular formula is C28H50N6O19-4. The van der Waals surface area contributed by atoms with Crippen LogP contribution in [0.25, 0.3) is 0 Å². The van der Waals surface area contributed by atoms with Crippen molar-refractivity contribution in [3.63, 3.8) is 0 Å². The number of imide groups is 3. The molecule has 9 amide bonds. The molecule has 0 aromatic rings. The molecule has 5 N–H and O–H groups in total. The van der Waals surface area contributed by atoms with E-state index >= 15 is 0 Å². The summed E-state index contributed by atoms with van der Waals surface area (Å²) in [6, 6.07) is 0. The standard InChI is InChI=1S/C10H16N2O4.C8H14N2O3.C6H12N2O2.2C2H4O3.2H2O2/c1-7(13)11(8(2)14)5-6-12(9(3)15)10(4)16;1-6(11)9-4-5-10(7(2)12)8(3)13;1-5(9)7-3-4-8-6(2)10;2*1-2(3)5-4;2*1-2/h5-6H2,1-4H3;4-5H2,1-3H3,(H,9,11);3-4H2,1-2H3,(H,7,9)(H,8,10);2*4H,1H3;2*1-2H/p-4. The lowest BCUT2D eigenvalue weighted by Gasteiger charge is -2.22. The third-order valence-electron chi connectivity index (χ3n) is 4.64. The summed E-state index contributed by atoms with van der Waals surface area (Å²) in [5.74, 6) is -4.16. The number of amides is 9. The van der Waals surface area contributed by atoms with E-state index in [0.717, 1.165) is 28.5 Å². The number of carbonyl (C=O) groups excluding carboxylic acids is 11. The Labute approximate surface area is 305 Å². The summed E-state index contributed by atoms with van der Waals surface area (Å²) in [7, 11) is 0. The Balaban J connectivity index is -0.000000103. The second-order valence-corrected chi connectivity index (χ2v) is 9.17. The van der Waals surface area contributed by atoms with E-state index in [2.05, 4.69) is 25.7 Å². The van der Waals surface area contributed by atoms with Gasteiger partial charge in [0.2, 0.25) is 53.2 Å². The van der Waals surface area contributed by atoms with Gasteiger partial charge in [-0.05, 0) is 0 Å². The van der Waals surface area contributed by atoms with Crippen molar-refractivity contribution in [2.24, 2.45) is 0 Å². The first kappa shape index (κ1) is 62.6. The molecule has 0 aliphatic heterocycles. The van der Waals surface area contributed by atoms with Crippen LogP contribution in [0.5, 0.6) is 0 Å². The van der Waals surface area contributed by atoms with Crippen LogP contribution in [-0.4, -0.2) is 130 Å². The first-order valence-electron chi connectivity index (χ1n) is 14.5. The van der Waals surface area contributed by atoms with Crippen molar-refractivity contribution in [2.45, 2.75) is 76.2 Å². The highest BCUT2D eigenvalue weighted by atomic mass is 17.1. The summed E-state index contributed by atoms with van der Waals surface area (Å²) in [6.07, 6.45) is 0. The Morgan fingerprint density at radius 1 is 0.396 bits per heavy atom.